The molecule has 1 fully saturated rings. The highest BCUT2D eigenvalue weighted by molar-refractivity contribution is 5.94. The topological polar surface area (TPSA) is 84.7 Å². The number of hydrogen-bond donors (Lipinski definition) is 2. The van der Waals surface area contributed by atoms with Crippen LogP contribution in [0.3, 0.4) is 0 Å². The molecule has 20 heavy (non-hydrogen) atoms. The molecule has 0 aliphatic carbocycles. The molecule has 3 rings (SSSR count). The van der Waals surface area contributed by atoms with Gasteiger partial charge < -0.3 is 10.6 Å². The molecule has 7 nitrogen and oxygen atoms in total. The number of nitrogens with zero attached hydrogens (tertiary/aromatic N) is 4. The van der Waals surface area contributed by atoms with E-state index < -0.39 is 0 Å². The lowest BCUT2D eigenvalue weighted by atomic mass is 9.97. The maximum absolute atomic E-state index is 12.3. The van der Waals surface area contributed by atoms with Gasteiger partial charge in [0.15, 0.2) is 5.82 Å². The molecule has 0 spiro atoms. The van der Waals surface area contributed by atoms with Gasteiger partial charge in [0.25, 0.3) is 0 Å². The van der Waals surface area contributed by atoms with Crippen LogP contribution in [0, 0.1) is 11.8 Å². The number of anilines is 1. The number of pyridine rings is 1. The molecule has 0 aromatic carbocycles. The molecular weight excluding hydrogens is 256 g/mol. The van der Waals surface area contributed by atoms with Gasteiger partial charge in [0, 0.05) is 12.7 Å². The van der Waals surface area contributed by atoms with Crippen LogP contribution in [0.5, 0.6) is 0 Å². The van der Waals surface area contributed by atoms with Crippen molar-refractivity contribution in [2.45, 2.75) is 6.92 Å². The van der Waals surface area contributed by atoms with E-state index in [1.54, 1.807) is 18.6 Å². The van der Waals surface area contributed by atoms with Crippen LogP contribution < -0.4 is 10.6 Å². The summed E-state index contributed by atoms with van der Waals surface area (Å²) >= 11 is 0. The van der Waals surface area contributed by atoms with Crippen LogP contribution in [0.2, 0.25) is 0 Å². The zero-order valence-electron chi connectivity index (χ0n) is 11.2. The zero-order chi connectivity index (χ0) is 13.9. The Labute approximate surface area is 116 Å². The zero-order valence-corrected chi connectivity index (χ0v) is 11.2. The Morgan fingerprint density at radius 3 is 3.10 bits per heavy atom. The third-order valence-corrected chi connectivity index (χ3v) is 3.53. The molecule has 2 N–H and O–H groups in total. The van der Waals surface area contributed by atoms with Crippen molar-refractivity contribution in [1.82, 2.24) is 25.1 Å². The highest BCUT2D eigenvalue weighted by Gasteiger charge is 2.30. The molecule has 3 heterocycles. The first-order chi connectivity index (χ1) is 9.75. The SMILES string of the molecule is C[C@@H]1CNC[C@H]1C(=O)Nc1cccnc1-n1cncn1. The molecule has 1 saturated heterocycles. The molecule has 0 saturated carbocycles. The van der Waals surface area contributed by atoms with Gasteiger partial charge in [0.2, 0.25) is 5.91 Å². The average molecular weight is 272 g/mol. The van der Waals surface area contributed by atoms with Crippen molar-refractivity contribution in [1.29, 1.82) is 0 Å². The minimum Gasteiger partial charge on any atom is -0.323 e. The van der Waals surface area contributed by atoms with Gasteiger partial charge in [0.05, 0.1) is 11.6 Å². The van der Waals surface area contributed by atoms with Crippen molar-refractivity contribution in [3.8, 4) is 5.82 Å². The summed E-state index contributed by atoms with van der Waals surface area (Å²) in [6, 6.07) is 3.60. The van der Waals surface area contributed by atoms with Crippen LogP contribution >= 0.6 is 0 Å². The van der Waals surface area contributed by atoms with E-state index in [4.69, 9.17) is 0 Å². The summed E-state index contributed by atoms with van der Waals surface area (Å²) in [6.07, 6.45) is 4.65. The van der Waals surface area contributed by atoms with Crippen molar-refractivity contribution in [2.24, 2.45) is 11.8 Å². The highest BCUT2D eigenvalue weighted by atomic mass is 16.2. The van der Waals surface area contributed by atoms with Crippen LogP contribution in [0.15, 0.2) is 31.0 Å². The van der Waals surface area contributed by atoms with Gasteiger partial charge in [0.1, 0.15) is 12.7 Å². The number of hydrogen-bond acceptors (Lipinski definition) is 5. The Bertz CT molecular complexity index is 597. The summed E-state index contributed by atoms with van der Waals surface area (Å²) in [6.45, 7) is 3.67. The third-order valence-electron chi connectivity index (χ3n) is 3.53. The van der Waals surface area contributed by atoms with Gasteiger partial charge in [-0.05, 0) is 24.6 Å². The fourth-order valence-corrected chi connectivity index (χ4v) is 2.38. The van der Waals surface area contributed by atoms with E-state index in [2.05, 4.69) is 32.6 Å². The first-order valence-corrected chi connectivity index (χ1v) is 6.57. The number of nitrogens with one attached hydrogen (secondary N) is 2. The first kappa shape index (κ1) is 12.7. The number of carbonyl (C=O) groups is 1. The van der Waals surface area contributed by atoms with Crippen LogP contribution in [0.4, 0.5) is 5.69 Å². The predicted octanol–water partition coefficient (Wildman–Crippen LogP) is 0.456. The lowest BCUT2D eigenvalue weighted by Gasteiger charge is -2.15. The molecule has 0 bridgehead atoms. The van der Waals surface area contributed by atoms with Crippen molar-refractivity contribution in [3.05, 3.63) is 31.0 Å². The van der Waals surface area contributed by atoms with E-state index in [9.17, 15) is 4.79 Å². The molecular formula is C13H16N6O. The summed E-state index contributed by atoms with van der Waals surface area (Å²) in [5, 5.41) is 10.2. The maximum atomic E-state index is 12.3. The van der Waals surface area contributed by atoms with Crippen LogP contribution in [-0.4, -0.2) is 38.7 Å². The Kier molecular flexibility index (Phi) is 3.42. The number of amides is 1. The molecule has 2 aromatic heterocycles. The lowest BCUT2D eigenvalue weighted by Crippen LogP contribution is -2.28. The Hall–Kier alpha value is -2.28. The summed E-state index contributed by atoms with van der Waals surface area (Å²) < 4.78 is 1.53. The molecule has 7 heteroatoms. The van der Waals surface area contributed by atoms with Gasteiger partial charge in [-0.2, -0.15) is 5.10 Å². The minimum atomic E-state index is -0.0150. The number of aromatic nitrogens is 4. The average Bonchev–Trinajstić information content (AvgIpc) is 3.10. The van der Waals surface area contributed by atoms with E-state index in [1.807, 2.05) is 6.07 Å². The molecule has 2 atom stereocenters. The van der Waals surface area contributed by atoms with Crippen molar-refractivity contribution in [2.75, 3.05) is 18.4 Å². The van der Waals surface area contributed by atoms with E-state index in [-0.39, 0.29) is 11.8 Å². The summed E-state index contributed by atoms with van der Waals surface area (Å²) in [4.78, 5) is 20.5. The van der Waals surface area contributed by atoms with Gasteiger partial charge in [-0.3, -0.25) is 4.79 Å². The van der Waals surface area contributed by atoms with E-state index >= 15 is 0 Å². The predicted molar refractivity (Wildman–Crippen MR) is 73.3 cm³/mol. The summed E-state index contributed by atoms with van der Waals surface area (Å²) in [5.74, 6) is 0.897. The molecule has 0 unspecified atom stereocenters. The molecule has 1 aliphatic rings. The van der Waals surface area contributed by atoms with Crippen LogP contribution in [0.25, 0.3) is 5.82 Å². The second-order valence-electron chi connectivity index (χ2n) is 4.95. The second kappa shape index (κ2) is 5.38. The van der Waals surface area contributed by atoms with E-state index in [1.165, 1.54) is 11.0 Å². The van der Waals surface area contributed by atoms with Gasteiger partial charge in [-0.15, -0.1) is 0 Å². The Morgan fingerprint density at radius 2 is 2.40 bits per heavy atom. The molecule has 1 amide bonds. The fourth-order valence-electron chi connectivity index (χ4n) is 2.38. The number of rotatable bonds is 3. The van der Waals surface area contributed by atoms with Gasteiger partial charge >= 0.3 is 0 Å². The second-order valence-corrected chi connectivity index (χ2v) is 4.95. The van der Waals surface area contributed by atoms with Gasteiger partial charge in [-0.1, -0.05) is 6.92 Å². The normalized spacial score (nSPS) is 21.9. The monoisotopic (exact) mass is 272 g/mol. The van der Waals surface area contributed by atoms with Crippen molar-refractivity contribution < 1.29 is 4.79 Å². The van der Waals surface area contributed by atoms with Crippen LogP contribution in [0.1, 0.15) is 6.92 Å². The fraction of sp³-hybridized carbons (Fsp3) is 0.385. The Morgan fingerprint density at radius 1 is 1.50 bits per heavy atom. The standard InChI is InChI=1S/C13H16N6O/c1-9-5-14-6-10(9)13(20)18-11-3-2-4-16-12(11)19-8-15-7-17-19/h2-4,7-10,14H,5-6H2,1H3,(H,18,20)/t9-,10-/m1/s1. The smallest absolute Gasteiger partial charge is 0.229 e. The van der Waals surface area contributed by atoms with E-state index in [0.717, 1.165) is 6.54 Å². The maximum Gasteiger partial charge on any atom is 0.229 e. The summed E-state index contributed by atoms with van der Waals surface area (Å²) in [5.41, 5.74) is 0.641. The van der Waals surface area contributed by atoms with Gasteiger partial charge in [-0.25, -0.2) is 14.6 Å². The molecule has 1 aliphatic heterocycles. The number of carbonyl (C=O) groups excluding carboxylic acids is 1. The highest BCUT2D eigenvalue weighted by Crippen LogP contribution is 2.21. The van der Waals surface area contributed by atoms with Crippen molar-refractivity contribution >= 4 is 11.6 Å². The largest absolute Gasteiger partial charge is 0.323 e. The third kappa shape index (κ3) is 2.39. The van der Waals surface area contributed by atoms with Crippen molar-refractivity contribution in [3.63, 3.8) is 0 Å². The molecule has 2 aromatic rings. The quantitative estimate of drug-likeness (QED) is 0.847. The lowest BCUT2D eigenvalue weighted by molar-refractivity contribution is -0.120. The summed E-state index contributed by atoms with van der Waals surface area (Å²) in [7, 11) is 0. The van der Waals surface area contributed by atoms with E-state index in [0.29, 0.717) is 24.0 Å². The Balaban J connectivity index is 1.83. The minimum absolute atomic E-state index is 0.0110. The molecule has 0 radical (unpaired) electrons. The van der Waals surface area contributed by atoms with Crippen LogP contribution in [-0.2, 0) is 4.79 Å². The molecule has 104 valence electrons. The first-order valence-electron chi connectivity index (χ1n) is 6.57.